The number of benzene rings is 1. The van der Waals surface area contributed by atoms with Crippen LogP contribution in [0.3, 0.4) is 0 Å². The second-order valence-corrected chi connectivity index (χ2v) is 8.72. The molecule has 3 rings (SSSR count). The van der Waals surface area contributed by atoms with Crippen LogP contribution in [-0.2, 0) is 4.74 Å². The van der Waals surface area contributed by atoms with Crippen molar-refractivity contribution >= 4 is 11.6 Å². The second-order valence-electron chi connectivity index (χ2n) is 8.28. The maximum Gasteiger partial charge on any atom is 0.0465 e. The Labute approximate surface area is 159 Å². The van der Waals surface area contributed by atoms with Gasteiger partial charge in [0.15, 0.2) is 0 Å². The molecule has 1 aromatic rings. The van der Waals surface area contributed by atoms with Crippen molar-refractivity contribution in [3.05, 3.63) is 34.9 Å². The van der Waals surface area contributed by atoms with E-state index >= 15 is 0 Å². The van der Waals surface area contributed by atoms with Gasteiger partial charge in [-0.2, -0.15) is 0 Å². The zero-order valence-electron chi connectivity index (χ0n) is 15.9. The van der Waals surface area contributed by atoms with E-state index in [0.29, 0.717) is 0 Å². The molecule has 0 heterocycles. The summed E-state index contributed by atoms with van der Waals surface area (Å²) < 4.78 is 5.49. The second kappa shape index (κ2) is 9.97. The van der Waals surface area contributed by atoms with Crippen molar-refractivity contribution in [2.75, 3.05) is 13.2 Å². The number of rotatable bonds is 7. The summed E-state index contributed by atoms with van der Waals surface area (Å²) >= 11 is 6.03. The monoisotopic (exact) mass is 362 g/mol. The first-order valence-electron chi connectivity index (χ1n) is 10.6. The predicted octanol–water partition coefficient (Wildman–Crippen LogP) is 7.24. The van der Waals surface area contributed by atoms with Crippen LogP contribution in [0.5, 0.6) is 0 Å². The molecule has 1 nitrogen and oxygen atoms in total. The summed E-state index contributed by atoms with van der Waals surface area (Å²) in [6.45, 7) is 3.92. The topological polar surface area (TPSA) is 9.23 Å². The Morgan fingerprint density at radius 2 is 1.48 bits per heavy atom. The molecule has 0 radical (unpaired) electrons. The van der Waals surface area contributed by atoms with Gasteiger partial charge in [-0.05, 0) is 99.7 Å². The third-order valence-electron chi connectivity index (χ3n) is 6.78. The Bertz CT molecular complexity index is 481. The number of halogens is 1. The van der Waals surface area contributed by atoms with Crippen LogP contribution in [0.15, 0.2) is 24.3 Å². The van der Waals surface area contributed by atoms with Crippen LogP contribution >= 0.6 is 11.6 Å². The van der Waals surface area contributed by atoms with E-state index in [-0.39, 0.29) is 0 Å². The molecule has 140 valence electrons. The highest BCUT2D eigenvalue weighted by atomic mass is 35.5. The Balaban J connectivity index is 1.37. The van der Waals surface area contributed by atoms with E-state index in [1.807, 2.05) is 0 Å². The average Bonchev–Trinajstić information content (AvgIpc) is 2.67. The van der Waals surface area contributed by atoms with Crippen molar-refractivity contribution in [2.45, 2.75) is 77.0 Å². The van der Waals surface area contributed by atoms with Crippen LogP contribution in [0.25, 0.3) is 0 Å². The van der Waals surface area contributed by atoms with E-state index in [0.717, 1.165) is 41.9 Å². The van der Waals surface area contributed by atoms with Gasteiger partial charge in [0.05, 0.1) is 0 Å². The molecule has 0 aliphatic heterocycles. The molecule has 2 fully saturated rings. The summed E-state index contributed by atoms with van der Waals surface area (Å²) in [5.74, 6) is 3.74. The summed E-state index contributed by atoms with van der Waals surface area (Å²) in [6, 6.07) is 8.58. The SMILES string of the molecule is CCOCCC[C@H]1CC[C@H]([C@H]2CC[C@H](c3ccc(Cl)cc3)CC2)CC1. The molecule has 1 aromatic carbocycles. The molecule has 0 bridgehead atoms. The number of hydrogen-bond acceptors (Lipinski definition) is 1. The third-order valence-corrected chi connectivity index (χ3v) is 7.03. The molecule has 2 aliphatic carbocycles. The van der Waals surface area contributed by atoms with Gasteiger partial charge in [-0.15, -0.1) is 0 Å². The van der Waals surface area contributed by atoms with Crippen LogP contribution in [0.4, 0.5) is 0 Å². The van der Waals surface area contributed by atoms with Crippen molar-refractivity contribution in [3.8, 4) is 0 Å². The zero-order chi connectivity index (χ0) is 17.5. The summed E-state index contributed by atoms with van der Waals surface area (Å²) in [6.07, 6.45) is 14.2. The standard InChI is InChI=1S/C23H35ClO/c1-2-25-17-3-4-18-5-7-19(8-6-18)20-9-11-21(12-10-20)22-13-15-23(24)16-14-22/h13-16,18-21H,2-12,17H2,1H3/t18-,19-,20-,21-. The lowest BCUT2D eigenvalue weighted by molar-refractivity contribution is 0.125. The van der Waals surface area contributed by atoms with Crippen LogP contribution in [-0.4, -0.2) is 13.2 Å². The minimum Gasteiger partial charge on any atom is -0.382 e. The number of ether oxygens (including phenoxy) is 1. The van der Waals surface area contributed by atoms with Gasteiger partial charge < -0.3 is 4.74 Å². The molecule has 0 N–H and O–H groups in total. The predicted molar refractivity (Wildman–Crippen MR) is 107 cm³/mol. The molecule has 0 atom stereocenters. The van der Waals surface area contributed by atoms with Crippen LogP contribution in [0.1, 0.15) is 82.6 Å². The highest BCUT2D eigenvalue weighted by Crippen LogP contribution is 2.44. The maximum atomic E-state index is 6.03. The molecule has 0 saturated heterocycles. The molecule has 0 aromatic heterocycles. The Morgan fingerprint density at radius 1 is 0.880 bits per heavy atom. The molecule has 0 unspecified atom stereocenters. The van der Waals surface area contributed by atoms with Crippen molar-refractivity contribution in [1.82, 2.24) is 0 Å². The first kappa shape index (κ1) is 19.2. The van der Waals surface area contributed by atoms with Gasteiger partial charge in [0.2, 0.25) is 0 Å². The minimum absolute atomic E-state index is 0.767. The van der Waals surface area contributed by atoms with E-state index in [9.17, 15) is 0 Å². The fourth-order valence-corrected chi connectivity index (χ4v) is 5.35. The molecule has 2 aliphatic rings. The van der Waals surface area contributed by atoms with Gasteiger partial charge in [0, 0.05) is 18.2 Å². The Kier molecular flexibility index (Phi) is 7.67. The van der Waals surface area contributed by atoms with E-state index < -0.39 is 0 Å². The summed E-state index contributed by atoms with van der Waals surface area (Å²) in [5, 5.41) is 0.857. The quantitative estimate of drug-likeness (QED) is 0.464. The lowest BCUT2D eigenvalue weighted by Crippen LogP contribution is -2.25. The summed E-state index contributed by atoms with van der Waals surface area (Å²) in [5.41, 5.74) is 1.50. The van der Waals surface area contributed by atoms with Crippen LogP contribution < -0.4 is 0 Å². The fourth-order valence-electron chi connectivity index (χ4n) is 5.23. The first-order chi connectivity index (χ1) is 12.3. The molecule has 2 saturated carbocycles. The lowest BCUT2D eigenvalue weighted by atomic mass is 9.68. The zero-order valence-corrected chi connectivity index (χ0v) is 16.6. The summed E-state index contributed by atoms with van der Waals surface area (Å²) in [7, 11) is 0. The normalized spacial score (nSPS) is 30.3. The van der Waals surface area contributed by atoms with Crippen LogP contribution in [0.2, 0.25) is 5.02 Å². The van der Waals surface area contributed by atoms with E-state index in [1.54, 1.807) is 0 Å². The van der Waals surface area contributed by atoms with E-state index in [2.05, 4.69) is 31.2 Å². The summed E-state index contributed by atoms with van der Waals surface area (Å²) in [4.78, 5) is 0. The Hall–Kier alpha value is -0.530. The molecule has 0 spiro atoms. The van der Waals surface area contributed by atoms with Gasteiger partial charge in [-0.1, -0.05) is 36.6 Å². The largest absolute Gasteiger partial charge is 0.382 e. The average molecular weight is 363 g/mol. The Morgan fingerprint density at radius 3 is 2.08 bits per heavy atom. The van der Waals surface area contributed by atoms with E-state index in [4.69, 9.17) is 16.3 Å². The van der Waals surface area contributed by atoms with Gasteiger partial charge >= 0.3 is 0 Å². The highest BCUT2D eigenvalue weighted by molar-refractivity contribution is 6.30. The van der Waals surface area contributed by atoms with Crippen molar-refractivity contribution < 1.29 is 4.74 Å². The van der Waals surface area contributed by atoms with Gasteiger partial charge in [0.25, 0.3) is 0 Å². The molecule has 2 heteroatoms. The molecular weight excluding hydrogens is 328 g/mol. The molecular formula is C23H35ClO. The maximum absolute atomic E-state index is 6.03. The van der Waals surface area contributed by atoms with Crippen molar-refractivity contribution in [2.24, 2.45) is 17.8 Å². The van der Waals surface area contributed by atoms with Crippen molar-refractivity contribution in [3.63, 3.8) is 0 Å². The number of hydrogen-bond donors (Lipinski definition) is 0. The first-order valence-corrected chi connectivity index (χ1v) is 11.0. The van der Waals surface area contributed by atoms with E-state index in [1.165, 1.54) is 69.8 Å². The lowest BCUT2D eigenvalue weighted by Gasteiger charge is -2.38. The third kappa shape index (κ3) is 5.73. The van der Waals surface area contributed by atoms with Gasteiger partial charge in [-0.3, -0.25) is 0 Å². The highest BCUT2D eigenvalue weighted by Gasteiger charge is 2.31. The smallest absolute Gasteiger partial charge is 0.0465 e. The van der Waals surface area contributed by atoms with Gasteiger partial charge in [-0.25, -0.2) is 0 Å². The fraction of sp³-hybridized carbons (Fsp3) is 0.739. The van der Waals surface area contributed by atoms with Crippen molar-refractivity contribution in [1.29, 1.82) is 0 Å². The minimum atomic E-state index is 0.767. The van der Waals surface area contributed by atoms with Gasteiger partial charge in [0.1, 0.15) is 0 Å². The molecule has 0 amide bonds. The van der Waals surface area contributed by atoms with Crippen LogP contribution in [0, 0.1) is 17.8 Å². The molecule has 25 heavy (non-hydrogen) atoms.